The number of aliphatic imine (C=N–C) groups is 1. The van der Waals surface area contributed by atoms with E-state index in [1.54, 1.807) is 14.1 Å². The lowest BCUT2D eigenvalue weighted by Crippen LogP contribution is -2.44. The van der Waals surface area contributed by atoms with Gasteiger partial charge in [0, 0.05) is 42.9 Å². The summed E-state index contributed by atoms with van der Waals surface area (Å²) in [6.07, 6.45) is 0.925. The highest BCUT2D eigenvalue weighted by atomic mass is 127. The van der Waals surface area contributed by atoms with Crippen molar-refractivity contribution in [3.63, 3.8) is 0 Å². The minimum atomic E-state index is -0.0250. The summed E-state index contributed by atoms with van der Waals surface area (Å²) < 4.78 is 0. The van der Waals surface area contributed by atoms with Gasteiger partial charge in [0.25, 0.3) is 0 Å². The molecule has 0 aliphatic heterocycles. The maximum Gasteiger partial charge on any atom is 0.243 e. The lowest BCUT2D eigenvalue weighted by atomic mass is 10.2. The molecule has 0 aliphatic rings. The average molecular weight is 464 g/mol. The number of hydrogen-bond donors (Lipinski definition) is 2. The minimum Gasteiger partial charge on any atom is -0.354 e. The molecule has 5 nitrogen and oxygen atoms in total. The first kappa shape index (κ1) is 22.9. The Balaban J connectivity index is 0.00000529. The molecule has 7 heteroatoms. The van der Waals surface area contributed by atoms with Crippen molar-refractivity contribution in [3.8, 4) is 0 Å². The zero-order valence-electron chi connectivity index (χ0n) is 15.2. The van der Waals surface area contributed by atoms with Crippen LogP contribution in [0.25, 0.3) is 0 Å². The van der Waals surface area contributed by atoms with Crippen LogP contribution in [-0.4, -0.2) is 50.0 Å². The number of carbonyl (C=O) groups is 1. The van der Waals surface area contributed by atoms with Gasteiger partial charge in [0.2, 0.25) is 5.91 Å². The number of aryl methyl sites for hydroxylation is 1. The highest BCUT2D eigenvalue weighted by Crippen LogP contribution is 2.16. The minimum absolute atomic E-state index is 0. The fourth-order valence-corrected chi connectivity index (χ4v) is 2.88. The second-order valence-corrected chi connectivity index (χ2v) is 7.40. The van der Waals surface area contributed by atoms with E-state index in [0.29, 0.717) is 12.5 Å². The average Bonchev–Trinajstić information content (AvgIpc) is 2.86. The largest absolute Gasteiger partial charge is 0.354 e. The Morgan fingerprint density at radius 3 is 2.58 bits per heavy atom. The number of likely N-dealkylation sites (N-methyl/N-ethyl adjacent to an activating group) is 1. The van der Waals surface area contributed by atoms with Gasteiger partial charge in [-0.25, -0.2) is 4.99 Å². The fraction of sp³-hybridized carbons (Fsp3) is 0.529. The Morgan fingerprint density at radius 1 is 1.42 bits per heavy atom. The monoisotopic (exact) mass is 464 g/mol. The van der Waals surface area contributed by atoms with Gasteiger partial charge in [-0.15, -0.1) is 35.3 Å². The van der Waals surface area contributed by atoms with Crippen molar-refractivity contribution in [3.05, 3.63) is 34.0 Å². The van der Waals surface area contributed by atoms with Crippen LogP contribution in [0.5, 0.6) is 0 Å². The molecule has 1 aromatic rings. The van der Waals surface area contributed by atoms with Gasteiger partial charge in [0.15, 0.2) is 5.96 Å². The first-order valence-electron chi connectivity index (χ1n) is 7.72. The highest BCUT2D eigenvalue weighted by molar-refractivity contribution is 14.0. The molecule has 0 saturated carbocycles. The van der Waals surface area contributed by atoms with Crippen LogP contribution in [0.4, 0.5) is 0 Å². The number of thiophene rings is 1. The third-order valence-electron chi connectivity index (χ3n) is 3.12. The van der Waals surface area contributed by atoms with Crippen LogP contribution >= 0.6 is 35.3 Å². The molecule has 1 aromatic heterocycles. The molecule has 2 N–H and O–H groups in total. The molecular weight excluding hydrogens is 435 g/mol. The van der Waals surface area contributed by atoms with E-state index < -0.39 is 0 Å². The van der Waals surface area contributed by atoms with Crippen LogP contribution < -0.4 is 10.6 Å². The number of amides is 1. The van der Waals surface area contributed by atoms with E-state index in [0.717, 1.165) is 12.0 Å². The van der Waals surface area contributed by atoms with Crippen molar-refractivity contribution in [2.75, 3.05) is 27.2 Å². The number of rotatable bonds is 7. The molecule has 1 atom stereocenters. The molecule has 1 amide bonds. The van der Waals surface area contributed by atoms with Crippen LogP contribution in [0.1, 0.15) is 23.6 Å². The summed E-state index contributed by atoms with van der Waals surface area (Å²) in [5, 5.41) is 6.57. The van der Waals surface area contributed by atoms with Gasteiger partial charge in [-0.3, -0.25) is 4.79 Å². The Kier molecular flexibility index (Phi) is 10.9. The smallest absolute Gasteiger partial charge is 0.243 e. The molecule has 0 spiro atoms. The van der Waals surface area contributed by atoms with Crippen LogP contribution in [0.3, 0.4) is 0 Å². The van der Waals surface area contributed by atoms with E-state index in [-0.39, 0.29) is 42.5 Å². The summed E-state index contributed by atoms with van der Waals surface area (Å²) in [4.78, 5) is 20.3. The Hall–Kier alpha value is -1.09. The van der Waals surface area contributed by atoms with E-state index in [1.807, 2.05) is 18.3 Å². The molecule has 1 unspecified atom stereocenters. The zero-order valence-corrected chi connectivity index (χ0v) is 18.3. The van der Waals surface area contributed by atoms with Crippen molar-refractivity contribution in [2.45, 2.75) is 33.2 Å². The molecule has 1 rings (SSSR count). The molecule has 1 heterocycles. The SMILES string of the molecule is C=C(C)CNC(=NCC(=O)N(C)C)NC(C)Cc1ccc(C)s1.I. The normalized spacial score (nSPS) is 12.1. The number of guanidine groups is 1. The van der Waals surface area contributed by atoms with Gasteiger partial charge >= 0.3 is 0 Å². The summed E-state index contributed by atoms with van der Waals surface area (Å²) in [6.45, 7) is 10.8. The number of nitrogens with zero attached hydrogens (tertiary/aromatic N) is 2. The second kappa shape index (κ2) is 11.5. The van der Waals surface area contributed by atoms with E-state index in [9.17, 15) is 4.79 Å². The number of halogens is 1. The third-order valence-corrected chi connectivity index (χ3v) is 4.14. The standard InChI is InChI=1S/C17H28N4OS.HI/c1-12(2)10-18-17(19-11-16(22)21(5)6)20-13(3)9-15-8-7-14(4)23-15;/h7-8,13H,1,9-11H2,2-6H3,(H2,18,19,20);1H. The topological polar surface area (TPSA) is 56.7 Å². The summed E-state index contributed by atoms with van der Waals surface area (Å²) in [5.41, 5.74) is 1.01. The Bertz CT molecular complexity index is 569. The van der Waals surface area contributed by atoms with Crippen molar-refractivity contribution < 1.29 is 4.79 Å². The molecule has 0 saturated heterocycles. The fourth-order valence-electron chi connectivity index (χ4n) is 1.86. The summed E-state index contributed by atoms with van der Waals surface area (Å²) in [5.74, 6) is 0.618. The molecule has 136 valence electrons. The number of carbonyl (C=O) groups excluding carboxylic acids is 1. The first-order chi connectivity index (χ1) is 10.8. The van der Waals surface area contributed by atoms with Crippen molar-refractivity contribution in [1.29, 1.82) is 0 Å². The molecule has 24 heavy (non-hydrogen) atoms. The van der Waals surface area contributed by atoms with Gasteiger partial charge in [0.05, 0.1) is 0 Å². The maximum absolute atomic E-state index is 11.7. The van der Waals surface area contributed by atoms with Crippen LogP contribution in [0, 0.1) is 6.92 Å². The summed E-state index contributed by atoms with van der Waals surface area (Å²) >= 11 is 1.81. The van der Waals surface area contributed by atoms with Gasteiger partial charge < -0.3 is 15.5 Å². The number of hydrogen-bond acceptors (Lipinski definition) is 3. The Morgan fingerprint density at radius 2 is 2.08 bits per heavy atom. The zero-order chi connectivity index (χ0) is 17.4. The molecule has 0 bridgehead atoms. The molecule has 0 radical (unpaired) electrons. The van der Waals surface area contributed by atoms with Crippen LogP contribution in [0.2, 0.25) is 0 Å². The van der Waals surface area contributed by atoms with Gasteiger partial charge in [-0.2, -0.15) is 0 Å². The maximum atomic E-state index is 11.7. The number of nitrogens with one attached hydrogen (secondary N) is 2. The summed E-state index contributed by atoms with van der Waals surface area (Å²) in [6, 6.07) is 4.52. The van der Waals surface area contributed by atoms with Crippen molar-refractivity contribution in [2.24, 2.45) is 4.99 Å². The van der Waals surface area contributed by atoms with Gasteiger partial charge in [0.1, 0.15) is 6.54 Å². The second-order valence-electron chi connectivity index (χ2n) is 6.03. The molecule has 0 aliphatic carbocycles. The van der Waals surface area contributed by atoms with E-state index in [4.69, 9.17) is 0 Å². The lowest BCUT2D eigenvalue weighted by Gasteiger charge is -2.18. The first-order valence-corrected chi connectivity index (χ1v) is 8.54. The molecule has 0 fully saturated rings. The van der Waals surface area contributed by atoms with Crippen molar-refractivity contribution in [1.82, 2.24) is 15.5 Å². The molecular formula is C17H29IN4OS. The Labute approximate surface area is 166 Å². The predicted molar refractivity (Wildman–Crippen MR) is 115 cm³/mol. The highest BCUT2D eigenvalue weighted by Gasteiger charge is 2.09. The predicted octanol–water partition coefficient (Wildman–Crippen LogP) is 2.81. The quantitative estimate of drug-likeness (QED) is 0.283. The van der Waals surface area contributed by atoms with Gasteiger partial charge in [-0.05, 0) is 32.9 Å². The lowest BCUT2D eigenvalue weighted by molar-refractivity contribution is -0.127. The third kappa shape index (κ3) is 9.27. The summed E-state index contributed by atoms with van der Waals surface area (Å²) in [7, 11) is 3.46. The van der Waals surface area contributed by atoms with Crippen LogP contribution in [-0.2, 0) is 11.2 Å². The van der Waals surface area contributed by atoms with Crippen molar-refractivity contribution >= 4 is 47.2 Å². The van der Waals surface area contributed by atoms with Crippen LogP contribution in [0.15, 0.2) is 29.3 Å². The van der Waals surface area contributed by atoms with Gasteiger partial charge in [-0.1, -0.05) is 12.2 Å². The van der Waals surface area contributed by atoms with E-state index in [2.05, 4.69) is 48.2 Å². The molecule has 0 aromatic carbocycles. The van der Waals surface area contributed by atoms with E-state index in [1.165, 1.54) is 14.7 Å². The van der Waals surface area contributed by atoms with E-state index >= 15 is 0 Å².